The van der Waals surface area contributed by atoms with Gasteiger partial charge in [-0.1, -0.05) is 36.4 Å². The van der Waals surface area contributed by atoms with Crippen LogP contribution in [0.3, 0.4) is 0 Å². The summed E-state index contributed by atoms with van der Waals surface area (Å²) in [6, 6.07) is 14.5. The third-order valence-electron chi connectivity index (χ3n) is 3.74. The zero-order valence-electron chi connectivity index (χ0n) is 14.4. The van der Waals surface area contributed by atoms with Crippen molar-refractivity contribution < 1.29 is 9.66 Å². The van der Waals surface area contributed by atoms with E-state index in [1.807, 2.05) is 24.3 Å². The van der Waals surface area contributed by atoms with Gasteiger partial charge in [0.2, 0.25) is 0 Å². The molecule has 0 bridgehead atoms. The third-order valence-corrected chi connectivity index (χ3v) is 3.74. The van der Waals surface area contributed by atoms with E-state index < -0.39 is 0 Å². The minimum Gasteiger partial charge on any atom is -0.496 e. The predicted octanol–water partition coefficient (Wildman–Crippen LogP) is 2.51. The number of nitro benzene ring substituents is 1. The Labute approximate surface area is 146 Å². The van der Waals surface area contributed by atoms with Crippen LogP contribution in [0.4, 0.5) is 5.69 Å². The smallest absolute Gasteiger partial charge is 0.274 e. The van der Waals surface area contributed by atoms with Crippen LogP contribution in [0.5, 0.6) is 5.75 Å². The summed E-state index contributed by atoms with van der Waals surface area (Å²) in [6.07, 6.45) is 0.774. The van der Waals surface area contributed by atoms with Crippen LogP contribution in [0.25, 0.3) is 0 Å². The Kier molecular flexibility index (Phi) is 6.76. The Morgan fingerprint density at radius 3 is 2.48 bits per heavy atom. The molecule has 25 heavy (non-hydrogen) atoms. The molecular formula is C18H22N4O3. The van der Waals surface area contributed by atoms with Crippen LogP contribution in [0.15, 0.2) is 53.5 Å². The number of nitrogens with one attached hydrogen (secondary N) is 2. The molecule has 0 atom stereocenters. The standard InChI is InChI=1S/C18H22N4O3/c1-19-18(20-12-11-14-7-4-6-10-17(14)25-2)21-13-15-8-3-5-9-16(15)22(23)24/h3-10H,11-13H2,1-2H3,(H2,19,20,21). The molecule has 0 heterocycles. The van der Waals surface area contributed by atoms with Crippen molar-refractivity contribution in [2.75, 3.05) is 20.7 Å². The second-order valence-corrected chi connectivity index (χ2v) is 5.30. The highest BCUT2D eigenvalue weighted by Crippen LogP contribution is 2.18. The summed E-state index contributed by atoms with van der Waals surface area (Å²) in [5, 5.41) is 17.3. The normalized spacial score (nSPS) is 11.0. The van der Waals surface area contributed by atoms with Gasteiger partial charge in [-0.15, -0.1) is 0 Å². The Morgan fingerprint density at radius 2 is 1.80 bits per heavy atom. The number of nitrogens with zero attached hydrogens (tertiary/aromatic N) is 2. The number of rotatable bonds is 7. The fourth-order valence-corrected chi connectivity index (χ4v) is 2.46. The van der Waals surface area contributed by atoms with Crippen LogP contribution in [0.1, 0.15) is 11.1 Å². The summed E-state index contributed by atoms with van der Waals surface area (Å²) in [7, 11) is 3.32. The van der Waals surface area contributed by atoms with Crippen LogP contribution in [-0.4, -0.2) is 31.6 Å². The highest BCUT2D eigenvalue weighted by Gasteiger charge is 2.12. The molecule has 0 aliphatic heterocycles. The first-order chi connectivity index (χ1) is 12.2. The maximum absolute atomic E-state index is 11.0. The summed E-state index contributed by atoms with van der Waals surface area (Å²) in [4.78, 5) is 14.8. The van der Waals surface area contributed by atoms with Crippen molar-refractivity contribution in [2.45, 2.75) is 13.0 Å². The van der Waals surface area contributed by atoms with Crippen molar-refractivity contribution in [3.63, 3.8) is 0 Å². The zero-order chi connectivity index (χ0) is 18.1. The summed E-state index contributed by atoms with van der Waals surface area (Å²) < 4.78 is 5.33. The lowest BCUT2D eigenvalue weighted by Crippen LogP contribution is -2.38. The van der Waals surface area contributed by atoms with Gasteiger partial charge in [-0.3, -0.25) is 15.1 Å². The molecule has 0 fully saturated rings. The Balaban J connectivity index is 1.88. The lowest BCUT2D eigenvalue weighted by molar-refractivity contribution is -0.385. The number of benzene rings is 2. The van der Waals surface area contributed by atoms with E-state index in [0.29, 0.717) is 24.6 Å². The van der Waals surface area contributed by atoms with Crippen molar-refractivity contribution in [2.24, 2.45) is 4.99 Å². The molecule has 2 aromatic carbocycles. The van der Waals surface area contributed by atoms with Gasteiger partial charge >= 0.3 is 0 Å². The Morgan fingerprint density at radius 1 is 1.12 bits per heavy atom. The average Bonchev–Trinajstić information content (AvgIpc) is 2.65. The van der Waals surface area contributed by atoms with Crippen LogP contribution in [0, 0.1) is 10.1 Å². The summed E-state index contributed by atoms with van der Waals surface area (Å²) in [5.74, 6) is 1.44. The SMILES string of the molecule is CN=C(NCCc1ccccc1OC)NCc1ccccc1[N+](=O)[O-]. The molecule has 0 amide bonds. The molecule has 0 spiro atoms. The molecule has 0 aliphatic carbocycles. The molecule has 0 unspecified atom stereocenters. The lowest BCUT2D eigenvalue weighted by Gasteiger charge is -2.13. The van der Waals surface area contributed by atoms with E-state index >= 15 is 0 Å². The lowest BCUT2D eigenvalue weighted by atomic mass is 10.1. The van der Waals surface area contributed by atoms with E-state index in [4.69, 9.17) is 4.74 Å². The van der Waals surface area contributed by atoms with Gasteiger partial charge in [0.1, 0.15) is 5.75 Å². The molecule has 132 valence electrons. The van der Waals surface area contributed by atoms with Crippen molar-refractivity contribution in [3.05, 3.63) is 69.8 Å². The third kappa shape index (κ3) is 5.20. The van der Waals surface area contributed by atoms with E-state index in [1.54, 1.807) is 32.4 Å². The number of hydrogen-bond acceptors (Lipinski definition) is 4. The fourth-order valence-electron chi connectivity index (χ4n) is 2.46. The topological polar surface area (TPSA) is 88.8 Å². The van der Waals surface area contributed by atoms with Crippen molar-refractivity contribution >= 4 is 11.6 Å². The van der Waals surface area contributed by atoms with Gasteiger partial charge in [-0.05, 0) is 18.1 Å². The number of nitro groups is 1. The molecule has 0 aromatic heterocycles. The molecule has 2 rings (SSSR count). The van der Waals surface area contributed by atoms with E-state index in [2.05, 4.69) is 15.6 Å². The number of aliphatic imine (C=N–C) groups is 1. The predicted molar refractivity (Wildman–Crippen MR) is 98.0 cm³/mol. The van der Waals surface area contributed by atoms with Gasteiger partial charge < -0.3 is 15.4 Å². The molecule has 0 saturated carbocycles. The Hall–Kier alpha value is -3.09. The second-order valence-electron chi connectivity index (χ2n) is 5.30. The van der Waals surface area contributed by atoms with Gasteiger partial charge in [0.05, 0.1) is 12.0 Å². The fraction of sp³-hybridized carbons (Fsp3) is 0.278. The number of methoxy groups -OCH3 is 1. The van der Waals surface area contributed by atoms with E-state index in [9.17, 15) is 10.1 Å². The second kappa shape index (κ2) is 9.27. The zero-order valence-corrected chi connectivity index (χ0v) is 14.4. The molecule has 7 nitrogen and oxygen atoms in total. The first-order valence-corrected chi connectivity index (χ1v) is 7.94. The minimum absolute atomic E-state index is 0.0967. The van der Waals surface area contributed by atoms with Gasteiger partial charge in [-0.2, -0.15) is 0 Å². The molecule has 0 aliphatic rings. The van der Waals surface area contributed by atoms with Gasteiger partial charge in [0, 0.05) is 31.8 Å². The number of hydrogen-bond donors (Lipinski definition) is 2. The van der Waals surface area contributed by atoms with E-state index in [-0.39, 0.29) is 10.6 Å². The maximum atomic E-state index is 11.0. The number of ether oxygens (including phenoxy) is 1. The average molecular weight is 342 g/mol. The quantitative estimate of drug-likeness (QED) is 0.349. The van der Waals surface area contributed by atoms with Gasteiger partial charge in [0.15, 0.2) is 5.96 Å². The van der Waals surface area contributed by atoms with Crippen molar-refractivity contribution in [1.82, 2.24) is 10.6 Å². The van der Waals surface area contributed by atoms with Crippen LogP contribution in [-0.2, 0) is 13.0 Å². The van der Waals surface area contributed by atoms with Gasteiger partial charge in [0.25, 0.3) is 5.69 Å². The number of para-hydroxylation sites is 2. The van der Waals surface area contributed by atoms with E-state index in [0.717, 1.165) is 17.7 Å². The maximum Gasteiger partial charge on any atom is 0.274 e. The van der Waals surface area contributed by atoms with Crippen LogP contribution in [0.2, 0.25) is 0 Å². The van der Waals surface area contributed by atoms with Gasteiger partial charge in [-0.25, -0.2) is 0 Å². The molecule has 0 radical (unpaired) electrons. The molecule has 2 N–H and O–H groups in total. The van der Waals surface area contributed by atoms with Crippen LogP contribution >= 0.6 is 0 Å². The summed E-state index contributed by atoms with van der Waals surface area (Å²) in [6.45, 7) is 0.989. The van der Waals surface area contributed by atoms with Crippen molar-refractivity contribution in [3.8, 4) is 5.75 Å². The highest BCUT2D eigenvalue weighted by atomic mass is 16.6. The largest absolute Gasteiger partial charge is 0.496 e. The summed E-state index contributed by atoms with van der Waals surface area (Å²) >= 11 is 0. The monoisotopic (exact) mass is 342 g/mol. The Bertz CT molecular complexity index is 747. The van der Waals surface area contributed by atoms with Crippen molar-refractivity contribution in [1.29, 1.82) is 0 Å². The molecule has 0 saturated heterocycles. The van der Waals surface area contributed by atoms with Crippen LogP contribution < -0.4 is 15.4 Å². The summed E-state index contributed by atoms with van der Waals surface area (Å²) in [5.41, 5.74) is 1.81. The number of guanidine groups is 1. The first kappa shape index (κ1) is 18.3. The molecular weight excluding hydrogens is 320 g/mol. The minimum atomic E-state index is -0.380. The molecule has 2 aromatic rings. The molecule has 7 heteroatoms. The van der Waals surface area contributed by atoms with E-state index in [1.165, 1.54) is 6.07 Å². The highest BCUT2D eigenvalue weighted by molar-refractivity contribution is 5.79. The first-order valence-electron chi connectivity index (χ1n) is 7.94.